The van der Waals surface area contributed by atoms with E-state index in [1.165, 1.54) is 31.2 Å². The van der Waals surface area contributed by atoms with Gasteiger partial charge in [-0.05, 0) is 37.9 Å². The van der Waals surface area contributed by atoms with Crippen molar-refractivity contribution in [3.8, 4) is 0 Å². The van der Waals surface area contributed by atoms with E-state index in [2.05, 4.69) is 35.2 Å². The van der Waals surface area contributed by atoms with Crippen LogP contribution in [0.2, 0.25) is 0 Å². The Balaban J connectivity index is 1.94. The van der Waals surface area contributed by atoms with Crippen LogP contribution in [0.15, 0.2) is 30.3 Å². The number of hydrogen-bond acceptors (Lipinski definition) is 2. The van der Waals surface area contributed by atoms with E-state index in [0.29, 0.717) is 0 Å². The van der Waals surface area contributed by atoms with Crippen LogP contribution in [-0.2, 0) is 6.54 Å². The molecule has 1 saturated carbocycles. The average molecular weight is 232 g/mol. The molecule has 0 radical (unpaired) electrons. The zero-order valence-electron chi connectivity index (χ0n) is 10.6. The smallest absolute Gasteiger partial charge is 0.0236 e. The lowest BCUT2D eigenvalue weighted by Crippen LogP contribution is -2.34. The Bertz CT molecular complexity index is 304. The molecule has 2 rings (SSSR count). The third-order valence-electron chi connectivity index (χ3n) is 3.72. The Kier molecular flexibility index (Phi) is 5.02. The molecule has 1 fully saturated rings. The first-order valence-electron chi connectivity index (χ1n) is 6.88. The molecule has 0 aromatic heterocycles. The molecule has 0 heterocycles. The maximum absolute atomic E-state index is 5.64. The molecule has 2 heteroatoms. The molecule has 0 amide bonds. The van der Waals surface area contributed by atoms with Crippen LogP contribution < -0.4 is 5.73 Å². The topological polar surface area (TPSA) is 29.3 Å². The molecule has 1 aromatic rings. The van der Waals surface area contributed by atoms with Crippen LogP contribution >= 0.6 is 0 Å². The van der Waals surface area contributed by atoms with E-state index in [0.717, 1.165) is 32.1 Å². The SMILES string of the molecule is NCCCN(Cc1ccccc1)C1CCCC1. The van der Waals surface area contributed by atoms with E-state index in [1.807, 2.05) is 0 Å². The van der Waals surface area contributed by atoms with Gasteiger partial charge < -0.3 is 5.73 Å². The molecule has 0 atom stereocenters. The van der Waals surface area contributed by atoms with Gasteiger partial charge in [-0.3, -0.25) is 4.90 Å². The lowest BCUT2D eigenvalue weighted by Gasteiger charge is -2.28. The van der Waals surface area contributed by atoms with Crippen LogP contribution in [0.5, 0.6) is 0 Å². The van der Waals surface area contributed by atoms with Gasteiger partial charge in [-0.15, -0.1) is 0 Å². The van der Waals surface area contributed by atoms with Gasteiger partial charge in [-0.25, -0.2) is 0 Å². The van der Waals surface area contributed by atoms with Crippen molar-refractivity contribution < 1.29 is 0 Å². The highest BCUT2D eigenvalue weighted by molar-refractivity contribution is 5.14. The molecule has 1 aliphatic carbocycles. The molecule has 0 spiro atoms. The van der Waals surface area contributed by atoms with Crippen molar-refractivity contribution in [1.82, 2.24) is 4.90 Å². The Morgan fingerprint density at radius 3 is 2.47 bits per heavy atom. The van der Waals surface area contributed by atoms with E-state index in [1.54, 1.807) is 0 Å². The van der Waals surface area contributed by atoms with Crippen molar-refractivity contribution in [3.05, 3.63) is 35.9 Å². The fourth-order valence-electron chi connectivity index (χ4n) is 2.77. The highest BCUT2D eigenvalue weighted by Gasteiger charge is 2.21. The molecular formula is C15H24N2. The third-order valence-corrected chi connectivity index (χ3v) is 3.72. The second-order valence-corrected chi connectivity index (χ2v) is 5.04. The largest absolute Gasteiger partial charge is 0.330 e. The molecule has 0 unspecified atom stereocenters. The zero-order chi connectivity index (χ0) is 11.9. The summed E-state index contributed by atoms with van der Waals surface area (Å²) in [4.78, 5) is 2.63. The summed E-state index contributed by atoms with van der Waals surface area (Å²) in [7, 11) is 0. The maximum Gasteiger partial charge on any atom is 0.0236 e. The van der Waals surface area contributed by atoms with E-state index in [9.17, 15) is 0 Å². The first-order chi connectivity index (χ1) is 8.40. The molecule has 1 aliphatic rings. The van der Waals surface area contributed by atoms with Gasteiger partial charge in [0.2, 0.25) is 0 Å². The molecule has 0 saturated heterocycles. The molecular weight excluding hydrogens is 208 g/mol. The minimum Gasteiger partial charge on any atom is -0.330 e. The Morgan fingerprint density at radius 2 is 1.82 bits per heavy atom. The van der Waals surface area contributed by atoms with Crippen LogP contribution in [-0.4, -0.2) is 24.0 Å². The summed E-state index contributed by atoms with van der Waals surface area (Å²) in [5, 5.41) is 0. The summed E-state index contributed by atoms with van der Waals surface area (Å²) < 4.78 is 0. The molecule has 2 nitrogen and oxygen atoms in total. The predicted octanol–water partition coefficient (Wildman–Crippen LogP) is 2.78. The quantitative estimate of drug-likeness (QED) is 0.817. The number of rotatable bonds is 6. The van der Waals surface area contributed by atoms with Crippen LogP contribution in [0.3, 0.4) is 0 Å². The summed E-state index contributed by atoms with van der Waals surface area (Å²) in [6.07, 6.45) is 6.66. The first kappa shape index (κ1) is 12.6. The van der Waals surface area contributed by atoms with Gasteiger partial charge >= 0.3 is 0 Å². The monoisotopic (exact) mass is 232 g/mol. The Labute approximate surface area is 105 Å². The van der Waals surface area contributed by atoms with Crippen molar-refractivity contribution in [2.45, 2.75) is 44.7 Å². The van der Waals surface area contributed by atoms with Crippen molar-refractivity contribution in [2.75, 3.05) is 13.1 Å². The summed E-state index contributed by atoms with van der Waals surface area (Å²) >= 11 is 0. The third kappa shape index (κ3) is 3.83. The van der Waals surface area contributed by atoms with Crippen molar-refractivity contribution in [3.63, 3.8) is 0 Å². The van der Waals surface area contributed by atoms with Crippen LogP contribution in [0.1, 0.15) is 37.7 Å². The van der Waals surface area contributed by atoms with Crippen LogP contribution in [0.25, 0.3) is 0 Å². The normalized spacial score (nSPS) is 16.8. The van der Waals surface area contributed by atoms with E-state index in [4.69, 9.17) is 5.73 Å². The van der Waals surface area contributed by atoms with Gasteiger partial charge in [0.15, 0.2) is 0 Å². The second-order valence-electron chi connectivity index (χ2n) is 5.04. The fourth-order valence-corrected chi connectivity index (χ4v) is 2.77. The average Bonchev–Trinajstić information content (AvgIpc) is 2.89. The molecule has 0 bridgehead atoms. The standard InChI is InChI=1S/C15H24N2/c16-11-6-12-17(15-9-4-5-10-15)13-14-7-2-1-3-8-14/h1-3,7-8,15H,4-6,9-13,16H2. The lowest BCUT2D eigenvalue weighted by atomic mass is 10.1. The predicted molar refractivity (Wildman–Crippen MR) is 72.8 cm³/mol. The van der Waals surface area contributed by atoms with Crippen molar-refractivity contribution in [1.29, 1.82) is 0 Å². The number of nitrogens with zero attached hydrogens (tertiary/aromatic N) is 1. The summed E-state index contributed by atoms with van der Waals surface area (Å²) in [6, 6.07) is 11.6. The summed E-state index contributed by atoms with van der Waals surface area (Å²) in [5.41, 5.74) is 7.07. The highest BCUT2D eigenvalue weighted by Crippen LogP contribution is 2.25. The van der Waals surface area contributed by atoms with Crippen LogP contribution in [0.4, 0.5) is 0 Å². The highest BCUT2D eigenvalue weighted by atomic mass is 15.2. The maximum atomic E-state index is 5.64. The van der Waals surface area contributed by atoms with Crippen LogP contribution in [0, 0.1) is 0 Å². The van der Waals surface area contributed by atoms with Gasteiger partial charge in [0.1, 0.15) is 0 Å². The van der Waals surface area contributed by atoms with Gasteiger partial charge in [0, 0.05) is 12.6 Å². The van der Waals surface area contributed by atoms with E-state index in [-0.39, 0.29) is 0 Å². The van der Waals surface area contributed by atoms with Gasteiger partial charge in [-0.2, -0.15) is 0 Å². The van der Waals surface area contributed by atoms with Crippen molar-refractivity contribution >= 4 is 0 Å². The number of benzene rings is 1. The molecule has 1 aromatic carbocycles. The summed E-state index contributed by atoms with van der Waals surface area (Å²) in [5.74, 6) is 0. The Hall–Kier alpha value is -0.860. The van der Waals surface area contributed by atoms with Gasteiger partial charge in [0.25, 0.3) is 0 Å². The zero-order valence-corrected chi connectivity index (χ0v) is 10.6. The fraction of sp³-hybridized carbons (Fsp3) is 0.600. The van der Waals surface area contributed by atoms with Gasteiger partial charge in [0.05, 0.1) is 0 Å². The second kappa shape index (κ2) is 6.77. The molecule has 0 aliphatic heterocycles. The van der Waals surface area contributed by atoms with Crippen molar-refractivity contribution in [2.24, 2.45) is 5.73 Å². The molecule has 2 N–H and O–H groups in total. The minimum atomic E-state index is 0.793. The minimum absolute atomic E-state index is 0.793. The van der Waals surface area contributed by atoms with E-state index < -0.39 is 0 Å². The summed E-state index contributed by atoms with van der Waals surface area (Å²) in [6.45, 7) is 3.04. The number of hydrogen-bond donors (Lipinski definition) is 1. The lowest BCUT2D eigenvalue weighted by molar-refractivity contribution is 0.188. The Morgan fingerprint density at radius 1 is 1.12 bits per heavy atom. The number of nitrogens with two attached hydrogens (primary N) is 1. The van der Waals surface area contributed by atoms with Gasteiger partial charge in [-0.1, -0.05) is 43.2 Å². The molecule has 94 valence electrons. The van der Waals surface area contributed by atoms with E-state index >= 15 is 0 Å². The first-order valence-corrected chi connectivity index (χ1v) is 6.88. The molecule has 17 heavy (non-hydrogen) atoms.